The van der Waals surface area contributed by atoms with Crippen LogP contribution in [-0.4, -0.2) is 38.1 Å². The summed E-state index contributed by atoms with van der Waals surface area (Å²) in [6, 6.07) is 0. The second kappa shape index (κ2) is 3.73. The summed E-state index contributed by atoms with van der Waals surface area (Å²) < 4.78 is 21.8. The summed E-state index contributed by atoms with van der Waals surface area (Å²) in [6.07, 6.45) is 0.376. The smallest absolute Gasteiger partial charge is 0.258 e. The van der Waals surface area contributed by atoms with E-state index in [1.54, 1.807) is 0 Å². The molecule has 1 amide bonds. The molecule has 0 unspecified atom stereocenters. The quantitative estimate of drug-likeness (QED) is 0.578. The number of sulfone groups is 1. The highest BCUT2D eigenvalue weighted by Crippen LogP contribution is 2.08. The topological polar surface area (TPSA) is 98.8 Å². The Hall–Kier alpha value is -1.11. The van der Waals surface area contributed by atoms with Crippen LogP contribution >= 0.6 is 0 Å². The van der Waals surface area contributed by atoms with Crippen LogP contribution in [0.25, 0.3) is 0 Å². The van der Waals surface area contributed by atoms with E-state index >= 15 is 0 Å². The van der Waals surface area contributed by atoms with Crippen LogP contribution in [-0.2, 0) is 19.5 Å². The lowest BCUT2D eigenvalue weighted by Crippen LogP contribution is -2.17. The SMILES string of the molecule is NC(=O)CO/N=C1\CCS(=O)(=O)C1. The van der Waals surface area contributed by atoms with Crippen LogP contribution in [0.5, 0.6) is 0 Å². The summed E-state index contributed by atoms with van der Waals surface area (Å²) in [7, 11) is -2.97. The van der Waals surface area contributed by atoms with Gasteiger partial charge in [-0.15, -0.1) is 0 Å². The molecule has 0 aliphatic carbocycles. The molecule has 0 aromatic carbocycles. The first-order chi connectivity index (χ1) is 5.99. The first-order valence-corrected chi connectivity index (χ1v) is 5.48. The predicted molar refractivity (Wildman–Crippen MR) is 45.9 cm³/mol. The van der Waals surface area contributed by atoms with Crippen molar-refractivity contribution in [3.63, 3.8) is 0 Å². The van der Waals surface area contributed by atoms with Gasteiger partial charge in [0.1, 0.15) is 0 Å². The summed E-state index contributed by atoms with van der Waals surface area (Å²) in [5, 5.41) is 3.50. The molecule has 1 fully saturated rings. The van der Waals surface area contributed by atoms with Gasteiger partial charge in [0.15, 0.2) is 16.4 Å². The van der Waals surface area contributed by atoms with E-state index < -0.39 is 15.7 Å². The van der Waals surface area contributed by atoms with E-state index in [-0.39, 0.29) is 18.1 Å². The molecule has 0 radical (unpaired) electrons. The number of hydrogen-bond acceptors (Lipinski definition) is 5. The molecule has 13 heavy (non-hydrogen) atoms. The van der Waals surface area contributed by atoms with Crippen molar-refractivity contribution in [3.05, 3.63) is 0 Å². The molecule has 0 aromatic rings. The Morgan fingerprint density at radius 3 is 2.77 bits per heavy atom. The lowest BCUT2D eigenvalue weighted by atomic mass is 10.3. The van der Waals surface area contributed by atoms with Gasteiger partial charge in [0.25, 0.3) is 5.91 Å². The number of oxime groups is 1. The van der Waals surface area contributed by atoms with Gasteiger partial charge >= 0.3 is 0 Å². The van der Waals surface area contributed by atoms with Gasteiger partial charge < -0.3 is 10.6 Å². The summed E-state index contributed by atoms with van der Waals surface area (Å²) in [5.41, 5.74) is 5.22. The second-order valence-electron chi connectivity index (χ2n) is 2.74. The minimum absolute atomic E-state index is 0.0776. The zero-order valence-corrected chi connectivity index (χ0v) is 7.71. The van der Waals surface area contributed by atoms with Gasteiger partial charge in [0.2, 0.25) is 0 Å². The van der Waals surface area contributed by atoms with Crippen molar-refractivity contribution in [2.45, 2.75) is 6.42 Å². The highest BCUT2D eigenvalue weighted by molar-refractivity contribution is 7.92. The van der Waals surface area contributed by atoms with Crippen molar-refractivity contribution in [3.8, 4) is 0 Å². The number of carbonyl (C=O) groups excluding carboxylic acids is 1. The molecule has 1 heterocycles. The fourth-order valence-corrected chi connectivity index (χ4v) is 2.33. The summed E-state index contributed by atoms with van der Waals surface area (Å²) in [6.45, 7) is -0.316. The first-order valence-electron chi connectivity index (χ1n) is 3.66. The van der Waals surface area contributed by atoms with Gasteiger partial charge in [-0.05, 0) is 0 Å². The highest BCUT2D eigenvalue weighted by atomic mass is 32.2. The molecule has 1 rings (SSSR count). The zero-order valence-electron chi connectivity index (χ0n) is 6.89. The second-order valence-corrected chi connectivity index (χ2v) is 4.92. The largest absolute Gasteiger partial charge is 0.386 e. The molecule has 6 nitrogen and oxygen atoms in total. The van der Waals surface area contributed by atoms with Crippen LogP contribution in [0.2, 0.25) is 0 Å². The Morgan fingerprint density at radius 1 is 1.62 bits per heavy atom. The first kappa shape index (κ1) is 9.97. The molecule has 7 heteroatoms. The highest BCUT2D eigenvalue weighted by Gasteiger charge is 2.24. The standard InChI is InChI=1S/C6H10N2O4S/c7-6(9)3-12-8-5-1-2-13(10,11)4-5/h1-4H2,(H2,7,9)/b8-5+. The number of nitrogens with zero attached hydrogens (tertiary/aromatic N) is 1. The Labute approximate surface area is 75.6 Å². The molecule has 0 bridgehead atoms. The lowest BCUT2D eigenvalue weighted by Gasteiger charge is -1.95. The van der Waals surface area contributed by atoms with Crippen molar-refractivity contribution < 1.29 is 18.0 Å². The van der Waals surface area contributed by atoms with Crippen LogP contribution in [0, 0.1) is 0 Å². The average Bonchev–Trinajstić information content (AvgIpc) is 2.29. The molecular weight excluding hydrogens is 196 g/mol. The Kier molecular flexibility index (Phi) is 2.86. The van der Waals surface area contributed by atoms with Crippen molar-refractivity contribution in [2.24, 2.45) is 10.9 Å². The van der Waals surface area contributed by atoms with Gasteiger partial charge in [-0.2, -0.15) is 0 Å². The molecule has 2 N–H and O–H groups in total. The third-order valence-corrected chi connectivity index (χ3v) is 3.09. The van der Waals surface area contributed by atoms with Gasteiger partial charge in [-0.25, -0.2) is 8.42 Å². The number of carbonyl (C=O) groups is 1. The fourth-order valence-electron chi connectivity index (χ4n) is 0.931. The van der Waals surface area contributed by atoms with Crippen molar-refractivity contribution in [1.29, 1.82) is 0 Å². The molecule has 74 valence electrons. The number of primary amides is 1. The maximum Gasteiger partial charge on any atom is 0.258 e. The number of rotatable bonds is 3. The predicted octanol–water partition coefficient (Wildman–Crippen LogP) is -1.34. The number of nitrogens with two attached hydrogens (primary N) is 1. The van der Waals surface area contributed by atoms with E-state index in [0.717, 1.165) is 0 Å². The van der Waals surface area contributed by atoms with E-state index in [1.807, 2.05) is 0 Å². The van der Waals surface area contributed by atoms with E-state index in [2.05, 4.69) is 9.99 Å². The summed E-state index contributed by atoms with van der Waals surface area (Å²) in [5.74, 6) is -0.609. The molecule has 0 atom stereocenters. The van der Waals surface area contributed by atoms with Crippen LogP contribution < -0.4 is 5.73 Å². The average molecular weight is 206 g/mol. The molecule has 1 aliphatic rings. The van der Waals surface area contributed by atoms with E-state index in [9.17, 15) is 13.2 Å². The fraction of sp³-hybridized carbons (Fsp3) is 0.667. The molecule has 0 spiro atoms. The molecular formula is C6H10N2O4S. The minimum Gasteiger partial charge on any atom is -0.386 e. The molecule has 1 saturated heterocycles. The van der Waals surface area contributed by atoms with Crippen LogP contribution in [0.1, 0.15) is 6.42 Å². The molecule has 0 aromatic heterocycles. The third-order valence-electron chi connectivity index (χ3n) is 1.49. The van der Waals surface area contributed by atoms with E-state index in [4.69, 9.17) is 5.73 Å². The van der Waals surface area contributed by atoms with Crippen LogP contribution in [0.3, 0.4) is 0 Å². The van der Waals surface area contributed by atoms with Crippen LogP contribution in [0.15, 0.2) is 5.16 Å². The molecule has 0 saturated carbocycles. The Bertz CT molecular complexity index is 333. The van der Waals surface area contributed by atoms with Gasteiger partial charge in [-0.3, -0.25) is 4.79 Å². The monoisotopic (exact) mass is 206 g/mol. The lowest BCUT2D eigenvalue weighted by molar-refractivity contribution is -0.122. The molecule has 1 aliphatic heterocycles. The van der Waals surface area contributed by atoms with Crippen LogP contribution in [0.4, 0.5) is 0 Å². The summed E-state index contributed by atoms with van der Waals surface area (Å²) in [4.78, 5) is 14.7. The number of amides is 1. The Balaban J connectivity index is 2.42. The zero-order chi connectivity index (χ0) is 9.90. The third kappa shape index (κ3) is 3.41. The summed E-state index contributed by atoms with van der Waals surface area (Å²) >= 11 is 0. The van der Waals surface area contributed by atoms with Gasteiger partial charge in [0.05, 0.1) is 17.2 Å². The Morgan fingerprint density at radius 2 is 2.31 bits per heavy atom. The van der Waals surface area contributed by atoms with Gasteiger partial charge in [0, 0.05) is 6.42 Å². The normalized spacial score (nSPS) is 23.2. The van der Waals surface area contributed by atoms with E-state index in [1.165, 1.54) is 0 Å². The van der Waals surface area contributed by atoms with E-state index in [0.29, 0.717) is 12.1 Å². The van der Waals surface area contributed by atoms with Crippen molar-refractivity contribution in [2.75, 3.05) is 18.1 Å². The number of hydrogen-bond donors (Lipinski definition) is 1. The van der Waals surface area contributed by atoms with Crippen molar-refractivity contribution >= 4 is 21.5 Å². The minimum atomic E-state index is -2.97. The maximum atomic E-state index is 10.9. The van der Waals surface area contributed by atoms with Crippen molar-refractivity contribution in [1.82, 2.24) is 0 Å². The maximum absolute atomic E-state index is 10.9. The van der Waals surface area contributed by atoms with Gasteiger partial charge in [-0.1, -0.05) is 5.16 Å².